The van der Waals surface area contributed by atoms with Crippen molar-refractivity contribution in [2.75, 3.05) is 33.4 Å². The van der Waals surface area contributed by atoms with E-state index in [0.717, 1.165) is 37.5 Å². The lowest BCUT2D eigenvalue weighted by atomic mass is 10.0. The normalized spacial score (nSPS) is 21.5. The van der Waals surface area contributed by atoms with Crippen LogP contribution in [-0.4, -0.2) is 49.5 Å². The summed E-state index contributed by atoms with van der Waals surface area (Å²) in [6, 6.07) is 8.07. The summed E-state index contributed by atoms with van der Waals surface area (Å²) in [4.78, 5) is 2.35. The zero-order valence-electron chi connectivity index (χ0n) is 13.3. The predicted octanol–water partition coefficient (Wildman–Crippen LogP) is 2.48. The number of hydrogen-bond acceptors (Lipinski definition) is 4. The lowest BCUT2D eigenvalue weighted by Gasteiger charge is -2.37. The van der Waals surface area contributed by atoms with Gasteiger partial charge in [0.05, 0.1) is 26.4 Å². The first-order valence-electron chi connectivity index (χ1n) is 7.74. The Kier molecular flexibility index (Phi) is 6.03. The van der Waals surface area contributed by atoms with Crippen molar-refractivity contribution in [1.29, 1.82) is 0 Å². The first-order valence-corrected chi connectivity index (χ1v) is 7.74. The van der Waals surface area contributed by atoms with Crippen molar-refractivity contribution in [3.63, 3.8) is 0 Å². The Morgan fingerprint density at radius 3 is 2.95 bits per heavy atom. The average molecular weight is 293 g/mol. The van der Waals surface area contributed by atoms with Gasteiger partial charge in [-0.1, -0.05) is 26.0 Å². The van der Waals surface area contributed by atoms with Crippen molar-refractivity contribution in [2.24, 2.45) is 5.92 Å². The molecule has 1 heterocycles. The first kappa shape index (κ1) is 16.3. The van der Waals surface area contributed by atoms with Gasteiger partial charge in [-0.05, 0) is 30.0 Å². The molecule has 0 bridgehead atoms. The van der Waals surface area contributed by atoms with Gasteiger partial charge in [-0.25, -0.2) is 0 Å². The van der Waals surface area contributed by atoms with Gasteiger partial charge >= 0.3 is 0 Å². The molecule has 0 radical (unpaired) electrons. The SMILES string of the molecule is COc1cccc(C(O)CN2CCOCC2CC(C)C)c1. The van der Waals surface area contributed by atoms with Gasteiger partial charge in [-0.3, -0.25) is 4.90 Å². The van der Waals surface area contributed by atoms with Crippen molar-refractivity contribution in [3.8, 4) is 5.75 Å². The highest BCUT2D eigenvalue weighted by Crippen LogP contribution is 2.23. The largest absolute Gasteiger partial charge is 0.497 e. The molecule has 0 amide bonds. The van der Waals surface area contributed by atoms with Gasteiger partial charge in [-0.2, -0.15) is 0 Å². The molecule has 0 aromatic heterocycles. The molecular weight excluding hydrogens is 266 g/mol. The number of hydrogen-bond donors (Lipinski definition) is 1. The van der Waals surface area contributed by atoms with Gasteiger partial charge in [0.15, 0.2) is 0 Å². The third-order valence-corrected chi connectivity index (χ3v) is 3.98. The second-order valence-electron chi connectivity index (χ2n) is 6.15. The summed E-state index contributed by atoms with van der Waals surface area (Å²) in [6.07, 6.45) is 0.609. The Labute approximate surface area is 127 Å². The van der Waals surface area contributed by atoms with Crippen LogP contribution in [0.4, 0.5) is 0 Å². The third-order valence-electron chi connectivity index (χ3n) is 3.98. The molecule has 1 aliphatic rings. The summed E-state index contributed by atoms with van der Waals surface area (Å²) in [5.74, 6) is 1.42. The van der Waals surface area contributed by atoms with Crippen LogP contribution < -0.4 is 4.74 Å². The molecule has 1 aromatic carbocycles. The van der Waals surface area contributed by atoms with Gasteiger partial charge in [0.25, 0.3) is 0 Å². The predicted molar refractivity (Wildman–Crippen MR) is 83.6 cm³/mol. The van der Waals surface area contributed by atoms with E-state index in [1.54, 1.807) is 7.11 Å². The van der Waals surface area contributed by atoms with E-state index in [4.69, 9.17) is 9.47 Å². The van der Waals surface area contributed by atoms with Gasteiger partial charge < -0.3 is 14.6 Å². The number of β-amino-alcohol motifs (C(OH)–C–C–N with tert-alkyl or cyclic N) is 1. The van der Waals surface area contributed by atoms with Crippen molar-refractivity contribution >= 4 is 0 Å². The molecule has 0 spiro atoms. The Bertz CT molecular complexity index is 436. The first-order chi connectivity index (χ1) is 10.1. The van der Waals surface area contributed by atoms with E-state index < -0.39 is 6.10 Å². The van der Waals surface area contributed by atoms with Gasteiger partial charge in [0.1, 0.15) is 5.75 Å². The molecule has 4 nitrogen and oxygen atoms in total. The fourth-order valence-electron chi connectivity index (χ4n) is 2.87. The summed E-state index contributed by atoms with van der Waals surface area (Å²) in [5, 5.41) is 10.5. The van der Waals surface area contributed by atoms with Crippen LogP contribution in [0.2, 0.25) is 0 Å². The van der Waals surface area contributed by atoms with Gasteiger partial charge in [-0.15, -0.1) is 0 Å². The number of nitrogens with zero attached hydrogens (tertiary/aromatic N) is 1. The molecule has 2 unspecified atom stereocenters. The smallest absolute Gasteiger partial charge is 0.119 e. The fraction of sp³-hybridized carbons (Fsp3) is 0.647. The molecule has 118 valence electrons. The van der Waals surface area contributed by atoms with E-state index in [-0.39, 0.29) is 0 Å². The van der Waals surface area contributed by atoms with Crippen molar-refractivity contribution in [2.45, 2.75) is 32.4 Å². The van der Waals surface area contributed by atoms with E-state index in [1.165, 1.54) is 0 Å². The molecule has 21 heavy (non-hydrogen) atoms. The number of aliphatic hydroxyl groups excluding tert-OH is 1. The Balaban J connectivity index is 2.00. The molecule has 1 N–H and O–H groups in total. The lowest BCUT2D eigenvalue weighted by molar-refractivity contribution is -0.0329. The van der Waals surface area contributed by atoms with E-state index in [1.807, 2.05) is 24.3 Å². The maximum Gasteiger partial charge on any atom is 0.119 e. The molecule has 1 saturated heterocycles. The maximum absolute atomic E-state index is 10.5. The summed E-state index contributed by atoms with van der Waals surface area (Å²) >= 11 is 0. The summed E-state index contributed by atoms with van der Waals surface area (Å²) in [7, 11) is 1.64. The highest BCUT2D eigenvalue weighted by atomic mass is 16.5. The molecule has 1 aromatic rings. The molecule has 0 saturated carbocycles. The van der Waals surface area contributed by atoms with Crippen LogP contribution in [0.1, 0.15) is 31.9 Å². The van der Waals surface area contributed by atoms with Crippen LogP contribution in [-0.2, 0) is 4.74 Å². The lowest BCUT2D eigenvalue weighted by Crippen LogP contribution is -2.47. The van der Waals surface area contributed by atoms with Crippen molar-refractivity contribution in [3.05, 3.63) is 29.8 Å². The van der Waals surface area contributed by atoms with Crippen LogP contribution in [0.15, 0.2) is 24.3 Å². The molecule has 1 aliphatic heterocycles. The molecule has 2 rings (SSSR count). The molecule has 2 atom stereocenters. The topological polar surface area (TPSA) is 41.9 Å². The molecule has 4 heteroatoms. The zero-order chi connectivity index (χ0) is 15.2. The van der Waals surface area contributed by atoms with E-state index >= 15 is 0 Å². The second-order valence-corrected chi connectivity index (χ2v) is 6.15. The maximum atomic E-state index is 10.5. The minimum absolute atomic E-state index is 0.402. The number of benzene rings is 1. The third kappa shape index (κ3) is 4.70. The number of ether oxygens (including phenoxy) is 2. The number of rotatable bonds is 6. The molecule has 1 fully saturated rings. The minimum Gasteiger partial charge on any atom is -0.497 e. The highest BCUT2D eigenvalue weighted by Gasteiger charge is 2.26. The summed E-state index contributed by atoms with van der Waals surface area (Å²) in [5.41, 5.74) is 0.907. The van der Waals surface area contributed by atoms with Crippen LogP contribution in [0.5, 0.6) is 5.75 Å². The van der Waals surface area contributed by atoms with Crippen LogP contribution >= 0.6 is 0 Å². The van der Waals surface area contributed by atoms with E-state index in [0.29, 0.717) is 18.5 Å². The van der Waals surface area contributed by atoms with Crippen LogP contribution in [0.3, 0.4) is 0 Å². The Morgan fingerprint density at radius 2 is 2.24 bits per heavy atom. The zero-order valence-corrected chi connectivity index (χ0v) is 13.3. The standard InChI is InChI=1S/C17H27NO3/c1-13(2)9-15-12-21-8-7-18(15)11-17(19)14-5-4-6-16(10-14)20-3/h4-6,10,13,15,17,19H,7-9,11-12H2,1-3H3. The fourth-order valence-corrected chi connectivity index (χ4v) is 2.87. The molecule has 0 aliphatic carbocycles. The van der Waals surface area contributed by atoms with E-state index in [9.17, 15) is 5.11 Å². The number of aliphatic hydroxyl groups is 1. The number of morpholine rings is 1. The number of methoxy groups -OCH3 is 1. The van der Waals surface area contributed by atoms with Gasteiger partial charge in [0.2, 0.25) is 0 Å². The Hall–Kier alpha value is -1.10. The minimum atomic E-state index is -0.493. The quantitative estimate of drug-likeness (QED) is 0.875. The second kappa shape index (κ2) is 7.78. The van der Waals surface area contributed by atoms with Crippen LogP contribution in [0.25, 0.3) is 0 Å². The average Bonchev–Trinajstić information content (AvgIpc) is 2.48. The Morgan fingerprint density at radius 1 is 1.43 bits per heavy atom. The van der Waals surface area contributed by atoms with Crippen molar-refractivity contribution < 1.29 is 14.6 Å². The monoisotopic (exact) mass is 293 g/mol. The van der Waals surface area contributed by atoms with Crippen molar-refractivity contribution in [1.82, 2.24) is 4.90 Å². The molecular formula is C17H27NO3. The highest BCUT2D eigenvalue weighted by molar-refractivity contribution is 5.29. The summed E-state index contributed by atoms with van der Waals surface area (Å²) < 4.78 is 10.8. The van der Waals surface area contributed by atoms with Crippen LogP contribution in [0, 0.1) is 5.92 Å². The van der Waals surface area contributed by atoms with E-state index in [2.05, 4.69) is 18.7 Å². The summed E-state index contributed by atoms with van der Waals surface area (Å²) in [6.45, 7) is 7.51. The van der Waals surface area contributed by atoms with Gasteiger partial charge in [0, 0.05) is 19.1 Å².